The van der Waals surface area contributed by atoms with Crippen LogP contribution in [0.1, 0.15) is 30.9 Å². The lowest BCUT2D eigenvalue weighted by molar-refractivity contribution is 0.443. The minimum Gasteiger partial charge on any atom is -0.330 e. The summed E-state index contributed by atoms with van der Waals surface area (Å²) in [5, 5.41) is 5.09. The Balaban J connectivity index is 2.13. The molecule has 78 valence electrons. The van der Waals surface area contributed by atoms with Crippen molar-refractivity contribution in [2.24, 2.45) is 11.7 Å². The van der Waals surface area contributed by atoms with Gasteiger partial charge in [0.15, 0.2) is 0 Å². The average Bonchev–Trinajstić information content (AvgIpc) is 2.75. The molecule has 2 N–H and O–H groups in total. The van der Waals surface area contributed by atoms with E-state index < -0.39 is 0 Å². The van der Waals surface area contributed by atoms with Crippen molar-refractivity contribution >= 4 is 11.6 Å². The van der Waals surface area contributed by atoms with E-state index in [9.17, 15) is 0 Å². The Hall–Kier alpha value is -0.540. The third-order valence-electron chi connectivity index (χ3n) is 3.10. The maximum atomic E-state index is 6.15. The van der Waals surface area contributed by atoms with Gasteiger partial charge < -0.3 is 5.73 Å². The molecule has 1 aromatic rings. The summed E-state index contributed by atoms with van der Waals surface area (Å²) >= 11 is 6.15. The van der Waals surface area contributed by atoms with Gasteiger partial charge >= 0.3 is 0 Å². The first kappa shape index (κ1) is 9.99. The topological polar surface area (TPSA) is 43.8 Å². The van der Waals surface area contributed by atoms with Crippen LogP contribution in [0.25, 0.3) is 0 Å². The van der Waals surface area contributed by atoms with E-state index in [0.29, 0.717) is 12.0 Å². The lowest BCUT2D eigenvalue weighted by Crippen LogP contribution is -2.12. The predicted octanol–water partition coefficient (Wildman–Crippen LogP) is 2.14. The SMILES string of the molecule is Cc1cnn(C2CCC(CN)C2)c1Cl. The fourth-order valence-electron chi connectivity index (χ4n) is 2.17. The molecule has 0 aliphatic heterocycles. The molecule has 1 heterocycles. The third kappa shape index (κ3) is 1.66. The summed E-state index contributed by atoms with van der Waals surface area (Å²) in [7, 11) is 0. The zero-order chi connectivity index (χ0) is 10.1. The molecule has 1 aromatic heterocycles. The van der Waals surface area contributed by atoms with Crippen LogP contribution in [0.2, 0.25) is 5.15 Å². The Morgan fingerprint density at radius 2 is 2.43 bits per heavy atom. The van der Waals surface area contributed by atoms with Gasteiger partial charge in [-0.25, -0.2) is 0 Å². The van der Waals surface area contributed by atoms with Crippen molar-refractivity contribution < 1.29 is 0 Å². The van der Waals surface area contributed by atoms with Crippen molar-refractivity contribution in [1.82, 2.24) is 9.78 Å². The fourth-order valence-corrected chi connectivity index (χ4v) is 2.40. The first-order chi connectivity index (χ1) is 6.72. The molecule has 0 bridgehead atoms. The smallest absolute Gasteiger partial charge is 0.130 e. The molecule has 1 aliphatic carbocycles. The molecular formula is C10H16ClN3. The zero-order valence-corrected chi connectivity index (χ0v) is 9.17. The second-order valence-electron chi connectivity index (χ2n) is 4.13. The number of aryl methyl sites for hydroxylation is 1. The molecule has 4 heteroatoms. The van der Waals surface area contributed by atoms with E-state index in [1.54, 1.807) is 0 Å². The lowest BCUT2D eigenvalue weighted by Gasteiger charge is -2.12. The maximum absolute atomic E-state index is 6.15. The van der Waals surface area contributed by atoms with Gasteiger partial charge in [0.1, 0.15) is 5.15 Å². The van der Waals surface area contributed by atoms with Crippen LogP contribution in [0.15, 0.2) is 6.20 Å². The van der Waals surface area contributed by atoms with Gasteiger partial charge in [0.05, 0.1) is 12.2 Å². The summed E-state index contributed by atoms with van der Waals surface area (Å²) in [4.78, 5) is 0. The molecule has 0 aromatic carbocycles. The van der Waals surface area contributed by atoms with E-state index in [0.717, 1.165) is 30.1 Å². The minimum atomic E-state index is 0.463. The van der Waals surface area contributed by atoms with Crippen molar-refractivity contribution in [3.63, 3.8) is 0 Å². The van der Waals surface area contributed by atoms with Gasteiger partial charge in [-0.15, -0.1) is 0 Å². The average molecular weight is 214 g/mol. The lowest BCUT2D eigenvalue weighted by atomic mass is 10.1. The molecule has 3 nitrogen and oxygen atoms in total. The quantitative estimate of drug-likeness (QED) is 0.818. The molecule has 0 radical (unpaired) electrons. The summed E-state index contributed by atoms with van der Waals surface area (Å²) < 4.78 is 1.95. The van der Waals surface area contributed by atoms with Crippen LogP contribution in [0.3, 0.4) is 0 Å². The molecule has 1 aliphatic rings. The van der Waals surface area contributed by atoms with Gasteiger partial charge in [-0.2, -0.15) is 5.10 Å². The van der Waals surface area contributed by atoms with Gasteiger partial charge in [-0.1, -0.05) is 11.6 Å². The number of nitrogens with two attached hydrogens (primary N) is 1. The normalized spacial score (nSPS) is 27.1. The molecule has 2 unspecified atom stereocenters. The van der Waals surface area contributed by atoms with Crippen molar-refractivity contribution in [2.45, 2.75) is 32.2 Å². The van der Waals surface area contributed by atoms with Crippen LogP contribution in [-0.4, -0.2) is 16.3 Å². The first-order valence-electron chi connectivity index (χ1n) is 5.12. The standard InChI is InChI=1S/C10H16ClN3/c1-7-6-13-14(10(7)11)9-3-2-8(4-9)5-12/h6,8-9H,2-5,12H2,1H3. The molecule has 2 atom stereocenters. The molecule has 2 rings (SSSR count). The van der Waals surface area contributed by atoms with E-state index in [2.05, 4.69) is 5.10 Å². The molecule has 14 heavy (non-hydrogen) atoms. The number of rotatable bonds is 2. The number of nitrogens with zero attached hydrogens (tertiary/aromatic N) is 2. The second-order valence-corrected chi connectivity index (χ2v) is 4.49. The maximum Gasteiger partial charge on any atom is 0.130 e. The van der Waals surface area contributed by atoms with Gasteiger partial charge in [0.2, 0.25) is 0 Å². The van der Waals surface area contributed by atoms with Crippen LogP contribution in [-0.2, 0) is 0 Å². The Kier molecular flexibility index (Phi) is 2.79. The molecule has 0 amide bonds. The molecule has 1 saturated carbocycles. The monoisotopic (exact) mass is 213 g/mol. The Bertz CT molecular complexity index is 321. The first-order valence-corrected chi connectivity index (χ1v) is 5.50. The Morgan fingerprint density at radius 3 is 2.93 bits per heavy atom. The highest BCUT2D eigenvalue weighted by Gasteiger charge is 2.26. The van der Waals surface area contributed by atoms with Crippen LogP contribution in [0, 0.1) is 12.8 Å². The van der Waals surface area contributed by atoms with Gasteiger partial charge in [-0.3, -0.25) is 4.68 Å². The van der Waals surface area contributed by atoms with E-state index in [1.165, 1.54) is 6.42 Å². The largest absolute Gasteiger partial charge is 0.330 e. The van der Waals surface area contributed by atoms with Crippen molar-refractivity contribution in [2.75, 3.05) is 6.54 Å². The highest BCUT2D eigenvalue weighted by molar-refractivity contribution is 6.30. The van der Waals surface area contributed by atoms with E-state index in [-0.39, 0.29) is 0 Å². The van der Waals surface area contributed by atoms with Gasteiger partial charge in [0.25, 0.3) is 0 Å². The third-order valence-corrected chi connectivity index (χ3v) is 3.57. The van der Waals surface area contributed by atoms with Crippen LogP contribution >= 0.6 is 11.6 Å². The van der Waals surface area contributed by atoms with Crippen molar-refractivity contribution in [3.05, 3.63) is 16.9 Å². The van der Waals surface area contributed by atoms with E-state index in [1.807, 2.05) is 17.8 Å². The molecule has 0 spiro atoms. The summed E-state index contributed by atoms with van der Waals surface area (Å²) in [6.07, 6.45) is 5.31. The summed E-state index contributed by atoms with van der Waals surface area (Å²) in [6.45, 7) is 2.77. The van der Waals surface area contributed by atoms with E-state index in [4.69, 9.17) is 17.3 Å². The highest BCUT2D eigenvalue weighted by atomic mass is 35.5. The number of halogens is 1. The Morgan fingerprint density at radius 1 is 1.64 bits per heavy atom. The van der Waals surface area contributed by atoms with Gasteiger partial charge in [-0.05, 0) is 38.6 Å². The number of hydrogen-bond acceptors (Lipinski definition) is 2. The predicted molar refractivity (Wildman–Crippen MR) is 57.4 cm³/mol. The minimum absolute atomic E-state index is 0.463. The summed E-state index contributed by atoms with van der Waals surface area (Å²) in [6, 6.07) is 0.463. The molecular weight excluding hydrogens is 198 g/mol. The Labute approximate surface area is 89.2 Å². The van der Waals surface area contributed by atoms with Crippen LogP contribution < -0.4 is 5.73 Å². The molecule has 1 fully saturated rings. The van der Waals surface area contributed by atoms with Crippen LogP contribution in [0.5, 0.6) is 0 Å². The van der Waals surface area contributed by atoms with Crippen LogP contribution in [0.4, 0.5) is 0 Å². The number of aromatic nitrogens is 2. The second kappa shape index (κ2) is 3.91. The number of hydrogen-bond donors (Lipinski definition) is 1. The molecule has 0 saturated heterocycles. The zero-order valence-electron chi connectivity index (χ0n) is 8.41. The summed E-state index contributed by atoms with van der Waals surface area (Å²) in [5.41, 5.74) is 6.71. The highest BCUT2D eigenvalue weighted by Crippen LogP contribution is 2.35. The fraction of sp³-hybridized carbons (Fsp3) is 0.700. The van der Waals surface area contributed by atoms with Gasteiger partial charge in [0, 0.05) is 5.56 Å². The van der Waals surface area contributed by atoms with Crippen molar-refractivity contribution in [1.29, 1.82) is 0 Å². The van der Waals surface area contributed by atoms with E-state index >= 15 is 0 Å². The van der Waals surface area contributed by atoms with Crippen molar-refractivity contribution in [3.8, 4) is 0 Å². The summed E-state index contributed by atoms with van der Waals surface area (Å²) in [5.74, 6) is 0.653.